The van der Waals surface area contributed by atoms with Gasteiger partial charge in [-0.25, -0.2) is 29.2 Å². The molecule has 20 heteroatoms. The van der Waals surface area contributed by atoms with Crippen molar-refractivity contribution in [3.63, 3.8) is 0 Å². The van der Waals surface area contributed by atoms with Crippen molar-refractivity contribution in [1.29, 1.82) is 21.0 Å². The first-order valence-electron chi connectivity index (χ1n) is 28.1. The number of nitriles is 4. The van der Waals surface area contributed by atoms with E-state index in [4.69, 9.17) is 38.4 Å². The second kappa shape index (κ2) is 24.3. The minimum absolute atomic E-state index is 0.00186. The Bertz CT molecular complexity index is 4490. The van der Waals surface area contributed by atoms with Gasteiger partial charge in [0.2, 0.25) is 11.6 Å². The summed E-state index contributed by atoms with van der Waals surface area (Å²) in [5, 5.41) is 40.9. The third kappa shape index (κ3) is 10.2. The van der Waals surface area contributed by atoms with Gasteiger partial charge in [0, 0.05) is 56.7 Å². The fraction of sp³-hybridized carbons (Fsp3) is 0.0833. The van der Waals surface area contributed by atoms with Crippen LogP contribution in [0.4, 0.5) is 10.0 Å². The van der Waals surface area contributed by atoms with Crippen LogP contribution in [-0.4, -0.2) is 46.9 Å². The smallest absolute Gasteiger partial charge is 0.367 e. The van der Waals surface area contributed by atoms with Gasteiger partial charge in [-0.2, -0.15) is 21.0 Å². The van der Waals surface area contributed by atoms with Gasteiger partial charge in [-0.05, 0) is 45.5 Å². The molecule has 0 bridgehead atoms. The van der Waals surface area contributed by atoms with Crippen molar-refractivity contribution in [2.45, 2.75) is 37.6 Å². The zero-order chi connectivity index (χ0) is 63.7. The quantitative estimate of drug-likeness (QED) is 0.0423. The van der Waals surface area contributed by atoms with Gasteiger partial charge in [-0.1, -0.05) is 170 Å². The molecule has 9 aromatic rings. The predicted octanol–water partition coefficient (Wildman–Crippen LogP) is 12.8. The van der Waals surface area contributed by atoms with Gasteiger partial charge in [-0.15, -0.1) is 22.7 Å². The third-order valence-electron chi connectivity index (χ3n) is 15.5. The number of ketones is 2. The Morgan fingerprint density at radius 1 is 0.391 bits per heavy atom. The van der Waals surface area contributed by atoms with Gasteiger partial charge in [0.25, 0.3) is 0 Å². The molecule has 0 atom stereocenters. The number of fused-ring (bicyclic) bond motifs is 8. The molecule has 13 rings (SSSR count). The Labute approximate surface area is 531 Å². The predicted molar refractivity (Wildman–Crippen MR) is 335 cm³/mol. The van der Waals surface area contributed by atoms with E-state index in [0.29, 0.717) is 22.3 Å². The number of benzene rings is 7. The van der Waals surface area contributed by atoms with Crippen LogP contribution in [0.15, 0.2) is 215 Å². The first-order valence-corrected chi connectivity index (χ1v) is 29.8. The number of carbonyl (C=O) groups is 6. The molecule has 0 fully saturated rings. The normalized spacial score (nSPS) is 14.8. The molecule has 0 saturated heterocycles. The van der Waals surface area contributed by atoms with E-state index < -0.39 is 57.8 Å². The molecule has 4 aliphatic rings. The van der Waals surface area contributed by atoms with E-state index in [1.165, 1.54) is 36.4 Å². The highest BCUT2D eigenvalue weighted by Gasteiger charge is 2.62. The van der Waals surface area contributed by atoms with E-state index >= 15 is 19.2 Å². The second-order valence-electron chi connectivity index (χ2n) is 20.9. The van der Waals surface area contributed by atoms with Crippen LogP contribution in [0.3, 0.4) is 0 Å². The van der Waals surface area contributed by atoms with Crippen LogP contribution in [0.25, 0.3) is 32.0 Å². The molecule has 7 aromatic carbocycles. The molecule has 442 valence electrons. The number of thiophene rings is 2. The number of hydrogen-bond acceptors (Lipinski definition) is 20. The summed E-state index contributed by atoms with van der Waals surface area (Å²) in [7, 11) is 0. The number of hydrogen-bond donors (Lipinski definition) is 0. The Morgan fingerprint density at radius 3 is 0.967 bits per heavy atom. The number of nitrogens with zero attached hydrogens (tertiary/aromatic N) is 6. The topological polar surface area (TPSA) is 278 Å². The van der Waals surface area contributed by atoms with Crippen molar-refractivity contribution in [2.75, 3.05) is 0 Å². The second-order valence-corrected chi connectivity index (χ2v) is 23.0. The van der Waals surface area contributed by atoms with Crippen molar-refractivity contribution in [1.82, 2.24) is 0 Å². The van der Waals surface area contributed by atoms with E-state index in [9.17, 15) is 30.6 Å². The molecule has 4 heterocycles. The summed E-state index contributed by atoms with van der Waals surface area (Å²) in [5.74, 6) is -6.78. The van der Waals surface area contributed by atoms with Crippen molar-refractivity contribution in [3.8, 4) is 56.7 Å². The van der Waals surface area contributed by atoms with E-state index in [0.717, 1.165) is 22.7 Å². The summed E-state index contributed by atoms with van der Waals surface area (Å²) in [6, 6.07) is 60.1. The summed E-state index contributed by atoms with van der Waals surface area (Å²) in [4.78, 5) is 102. The maximum Gasteiger partial charge on any atom is 0.367 e. The van der Waals surface area contributed by atoms with Crippen LogP contribution in [0, 0.1) is 45.3 Å². The number of rotatable bonds is 14. The maximum absolute atomic E-state index is 15.8. The van der Waals surface area contributed by atoms with Crippen molar-refractivity contribution in [3.05, 3.63) is 261 Å². The molecule has 0 spiro atoms. The summed E-state index contributed by atoms with van der Waals surface area (Å²) in [5.41, 5.74) is -4.92. The Balaban J connectivity index is 1.08. The number of allylic oxidation sites excluding steroid dienone is 4. The fourth-order valence-electron chi connectivity index (χ4n) is 11.2. The van der Waals surface area contributed by atoms with Crippen molar-refractivity contribution < 1.29 is 57.2 Å². The van der Waals surface area contributed by atoms with Crippen LogP contribution in [-0.2, 0) is 75.8 Å². The number of ether oxygens (including phenoxy) is 6. The van der Waals surface area contributed by atoms with Crippen molar-refractivity contribution >= 4 is 90.7 Å². The van der Waals surface area contributed by atoms with Gasteiger partial charge in [-0.3, -0.25) is 9.59 Å². The molecule has 0 radical (unpaired) electrons. The maximum atomic E-state index is 15.8. The van der Waals surface area contributed by atoms with E-state index in [1.54, 1.807) is 158 Å². The molecular weight excluding hydrogens is 1200 g/mol. The summed E-state index contributed by atoms with van der Waals surface area (Å²) in [6.07, 6.45) is 0. The highest BCUT2D eigenvalue weighted by molar-refractivity contribution is 7.20. The lowest BCUT2D eigenvalue weighted by Gasteiger charge is -2.39. The Hall–Kier alpha value is -12.5. The zero-order valence-corrected chi connectivity index (χ0v) is 49.3. The lowest BCUT2D eigenvalue weighted by Crippen LogP contribution is -2.54. The largest absolute Gasteiger partial charge is 0.458 e. The van der Waals surface area contributed by atoms with Gasteiger partial charge >= 0.3 is 35.1 Å². The van der Waals surface area contributed by atoms with Crippen LogP contribution in [0.1, 0.15) is 65.2 Å². The van der Waals surface area contributed by atoms with Gasteiger partial charge in [0.1, 0.15) is 94.8 Å². The molecule has 2 aliphatic carbocycles. The molecular formula is C72H40N6O12S2. The average Bonchev–Trinajstić information content (AvgIpc) is 1.12. The lowest BCUT2D eigenvalue weighted by atomic mass is 9.78. The summed E-state index contributed by atoms with van der Waals surface area (Å²) >= 11 is 1.77. The number of Topliss-reactive ketones (excluding diaryl/α,β-unsaturated/α-hetero) is 2. The monoisotopic (exact) mass is 1240 g/mol. The van der Waals surface area contributed by atoms with E-state index in [1.807, 2.05) is 24.3 Å². The van der Waals surface area contributed by atoms with Crippen LogP contribution < -0.4 is 9.47 Å². The minimum atomic E-state index is -2.94. The number of carbonyl (C=O) groups excluding carboxylic acids is 6. The molecule has 18 nitrogen and oxygen atoms in total. The molecule has 92 heavy (non-hydrogen) atoms. The SMILES string of the molecule is N#CC(C#N)=C1/C(=N/c2cc3c(s2)-c2cc4c(cc2C(C(=O)OCc2ccccc2)(C(=O)OCc2ccccc2)O3)-c2sc(/N=C3\C(=O)c5ccccc5C3=C(C#N)C#N)cc2OC4(C(=O)OCc2ccccc2)C(=O)OCc2ccccc2)C(=O)c2ccccc21. The molecule has 2 aromatic heterocycles. The first kappa shape index (κ1) is 58.6. The minimum Gasteiger partial charge on any atom is -0.458 e. The van der Waals surface area contributed by atoms with Crippen LogP contribution in [0.2, 0.25) is 0 Å². The molecule has 0 saturated carbocycles. The third-order valence-corrected chi connectivity index (χ3v) is 17.6. The highest BCUT2D eigenvalue weighted by atomic mass is 32.1. The lowest BCUT2D eigenvalue weighted by molar-refractivity contribution is -0.185. The van der Waals surface area contributed by atoms with Crippen LogP contribution in [0.5, 0.6) is 11.5 Å². The Morgan fingerprint density at radius 2 is 0.674 bits per heavy atom. The molecule has 2 aliphatic heterocycles. The van der Waals surface area contributed by atoms with E-state index in [-0.39, 0.29) is 125 Å². The Kier molecular flexibility index (Phi) is 15.4. The van der Waals surface area contributed by atoms with Crippen LogP contribution >= 0.6 is 22.7 Å². The van der Waals surface area contributed by atoms with Gasteiger partial charge < -0.3 is 28.4 Å². The van der Waals surface area contributed by atoms with E-state index in [2.05, 4.69) is 0 Å². The number of esters is 4. The van der Waals surface area contributed by atoms with Gasteiger partial charge in [0.05, 0.1) is 9.75 Å². The summed E-state index contributed by atoms with van der Waals surface area (Å²) in [6.45, 7) is -1.56. The summed E-state index contributed by atoms with van der Waals surface area (Å²) < 4.78 is 38.2. The standard InChI is InChI=1S/C72H40N6O12S2/c73-33-45(34-74)59-47-25-13-15-27-49(47)63(79)61(59)77-57-31-55-65(91-57)51-30-54-52(29-53(51)71(89-55,67(81)85-37-41-17-5-1-6-18-41)68(82)86-38-42-19-7-2-8-20-42)66-56(32-58(92-66)78-62-60(46(35-75)36-76)48-26-14-16-28-50(48)64(62)80)90-72(54,69(83)87-39-43-21-9-3-10-22-43)70(84)88-40-44-23-11-4-12-24-44/h1-32H,37-40H2/b77-61-,78-62-. The molecule has 0 unspecified atom stereocenters. The first-order chi connectivity index (χ1) is 44.9. The number of aliphatic imine (C=N–C) groups is 2. The highest BCUT2D eigenvalue weighted by Crippen LogP contribution is 2.59. The molecule has 0 N–H and O–H groups in total. The average molecular weight is 1250 g/mol. The zero-order valence-electron chi connectivity index (χ0n) is 47.7. The van der Waals surface area contributed by atoms with Gasteiger partial charge in [0.15, 0.2) is 0 Å². The van der Waals surface area contributed by atoms with Crippen molar-refractivity contribution in [2.24, 2.45) is 9.98 Å². The molecule has 0 amide bonds. The fourth-order valence-corrected chi connectivity index (χ4v) is 13.2.